The van der Waals surface area contributed by atoms with Gasteiger partial charge in [-0.2, -0.15) is 0 Å². The Hall–Kier alpha value is -5.14. The number of benzene rings is 5. The van der Waals surface area contributed by atoms with Gasteiger partial charge in [0.1, 0.15) is 22.6 Å². The molecule has 226 valence electrons. The summed E-state index contributed by atoms with van der Waals surface area (Å²) in [6.07, 6.45) is 0. The zero-order chi connectivity index (χ0) is 32.4. The summed E-state index contributed by atoms with van der Waals surface area (Å²) in [7, 11) is 0. The van der Waals surface area contributed by atoms with Gasteiger partial charge in [0.25, 0.3) is 0 Å². The van der Waals surface area contributed by atoms with Gasteiger partial charge in [-0.1, -0.05) is 12.1 Å². The SMILES string of the molecule is Cc1c2ccc(OC(=O)c3c(F)c(F)c(F)c(F)c3F)cc2c(C)c2ccc(OC(=O)c3c(F)c(F)c(F)c(F)c3F)cc12. The lowest BCUT2D eigenvalue weighted by Gasteiger charge is -2.15. The van der Waals surface area contributed by atoms with Crippen LogP contribution in [0.5, 0.6) is 11.5 Å². The van der Waals surface area contributed by atoms with E-state index in [-0.39, 0.29) is 11.5 Å². The van der Waals surface area contributed by atoms with Crippen molar-refractivity contribution in [3.63, 3.8) is 0 Å². The minimum Gasteiger partial charge on any atom is -0.423 e. The molecule has 0 atom stereocenters. The summed E-state index contributed by atoms with van der Waals surface area (Å²) in [5.41, 5.74) is -2.60. The quantitative estimate of drug-likeness (QED) is 0.0502. The number of carbonyl (C=O) groups is 2. The van der Waals surface area contributed by atoms with Crippen molar-refractivity contribution in [2.45, 2.75) is 13.8 Å². The van der Waals surface area contributed by atoms with Gasteiger partial charge in [0.2, 0.25) is 11.6 Å². The Balaban J connectivity index is 1.51. The molecule has 0 aliphatic rings. The summed E-state index contributed by atoms with van der Waals surface area (Å²) in [6.45, 7) is 3.19. The first-order valence-electron chi connectivity index (χ1n) is 12.1. The van der Waals surface area contributed by atoms with Gasteiger partial charge in [0.15, 0.2) is 46.5 Å². The lowest BCUT2D eigenvalue weighted by atomic mass is 9.93. The van der Waals surface area contributed by atoms with E-state index in [1.807, 2.05) is 0 Å². The molecule has 4 nitrogen and oxygen atoms in total. The van der Waals surface area contributed by atoms with Crippen LogP contribution in [-0.2, 0) is 0 Å². The van der Waals surface area contributed by atoms with Crippen LogP contribution in [0.4, 0.5) is 43.9 Å². The van der Waals surface area contributed by atoms with Crippen molar-refractivity contribution in [1.29, 1.82) is 0 Å². The summed E-state index contributed by atoms with van der Waals surface area (Å²) in [4.78, 5) is 24.8. The van der Waals surface area contributed by atoms with Gasteiger partial charge < -0.3 is 9.47 Å². The molecule has 0 heterocycles. The molecular weight excluding hydrogens is 614 g/mol. The standard InChI is InChI=1S/C30H12F10O4/c1-9-13-5-3-12(44-30(42)18-21(33)25(37)28(40)26(38)22(18)34)8-16(13)10(2)14-6-4-11(7-15(9)14)43-29(41)17-19(31)23(35)27(39)24(36)20(17)32/h3-8H,1-2H3. The molecule has 0 aromatic heterocycles. The van der Waals surface area contributed by atoms with Gasteiger partial charge in [0, 0.05) is 0 Å². The molecule has 5 rings (SSSR count). The van der Waals surface area contributed by atoms with Crippen LogP contribution >= 0.6 is 0 Å². The van der Waals surface area contributed by atoms with Crippen LogP contribution in [0.2, 0.25) is 0 Å². The van der Waals surface area contributed by atoms with Crippen LogP contribution in [0, 0.1) is 72.0 Å². The number of halogens is 10. The molecule has 0 saturated carbocycles. The van der Waals surface area contributed by atoms with Crippen LogP contribution in [0.1, 0.15) is 31.8 Å². The average Bonchev–Trinajstić information content (AvgIpc) is 2.99. The normalized spacial score (nSPS) is 11.4. The number of fused-ring (bicyclic) bond motifs is 2. The second-order valence-corrected chi connectivity index (χ2v) is 9.33. The van der Waals surface area contributed by atoms with Gasteiger partial charge in [-0.25, -0.2) is 53.5 Å². The maximum atomic E-state index is 14.1. The molecule has 0 radical (unpaired) electrons. The lowest BCUT2D eigenvalue weighted by Crippen LogP contribution is -2.17. The monoisotopic (exact) mass is 626 g/mol. The van der Waals surface area contributed by atoms with Crippen LogP contribution < -0.4 is 9.47 Å². The largest absolute Gasteiger partial charge is 0.423 e. The molecule has 0 bridgehead atoms. The fourth-order valence-corrected chi connectivity index (χ4v) is 4.62. The van der Waals surface area contributed by atoms with Crippen molar-refractivity contribution in [3.8, 4) is 11.5 Å². The molecule has 0 spiro atoms. The van der Waals surface area contributed by atoms with E-state index in [0.717, 1.165) is 12.1 Å². The van der Waals surface area contributed by atoms with E-state index in [0.29, 0.717) is 32.7 Å². The number of aryl methyl sites for hydroxylation is 2. The maximum absolute atomic E-state index is 14.1. The zero-order valence-electron chi connectivity index (χ0n) is 21.9. The van der Waals surface area contributed by atoms with E-state index in [1.54, 1.807) is 13.8 Å². The first-order chi connectivity index (χ1) is 20.6. The fraction of sp³-hybridized carbons (Fsp3) is 0.0667. The highest BCUT2D eigenvalue weighted by atomic mass is 19.2. The molecule has 0 saturated heterocycles. The molecule has 0 amide bonds. The smallest absolute Gasteiger partial charge is 0.349 e. The van der Waals surface area contributed by atoms with Gasteiger partial charge >= 0.3 is 11.9 Å². The molecule has 44 heavy (non-hydrogen) atoms. The number of ether oxygens (including phenoxy) is 2. The predicted molar refractivity (Wildman–Crippen MR) is 133 cm³/mol. The topological polar surface area (TPSA) is 52.6 Å². The van der Waals surface area contributed by atoms with Crippen LogP contribution in [0.25, 0.3) is 21.5 Å². The molecular formula is C30H12F10O4. The molecule has 0 N–H and O–H groups in total. The predicted octanol–water partition coefficient (Wildman–Crippen LogP) is 8.44. The van der Waals surface area contributed by atoms with E-state index in [9.17, 15) is 53.5 Å². The summed E-state index contributed by atoms with van der Waals surface area (Å²) < 4.78 is 147. The summed E-state index contributed by atoms with van der Waals surface area (Å²) in [6, 6.07) is 7.64. The summed E-state index contributed by atoms with van der Waals surface area (Å²) in [5.74, 6) is -28.1. The summed E-state index contributed by atoms with van der Waals surface area (Å²) in [5, 5.41) is 1.77. The van der Waals surface area contributed by atoms with Crippen molar-refractivity contribution >= 4 is 33.5 Å². The minimum absolute atomic E-state index is 0.318. The fourth-order valence-electron chi connectivity index (χ4n) is 4.62. The first-order valence-corrected chi connectivity index (χ1v) is 12.1. The Morgan fingerprint density at radius 1 is 0.432 bits per heavy atom. The number of esters is 2. The molecule has 14 heteroatoms. The second kappa shape index (κ2) is 10.8. The van der Waals surface area contributed by atoms with Crippen LogP contribution in [-0.4, -0.2) is 11.9 Å². The number of rotatable bonds is 4. The van der Waals surface area contributed by atoms with Crippen molar-refractivity contribution < 1.29 is 63.0 Å². The molecule has 5 aromatic rings. The average molecular weight is 626 g/mol. The second-order valence-electron chi connectivity index (χ2n) is 9.33. The van der Waals surface area contributed by atoms with Crippen molar-refractivity contribution in [2.24, 2.45) is 0 Å². The Morgan fingerprint density at radius 3 is 1.00 bits per heavy atom. The lowest BCUT2D eigenvalue weighted by molar-refractivity contribution is 0.0711. The Morgan fingerprint density at radius 2 is 0.705 bits per heavy atom. The molecule has 0 aliphatic carbocycles. The van der Waals surface area contributed by atoms with Gasteiger partial charge in [-0.05, 0) is 70.8 Å². The maximum Gasteiger partial charge on any atom is 0.349 e. The summed E-state index contributed by atoms with van der Waals surface area (Å²) >= 11 is 0. The Kier molecular flexibility index (Phi) is 7.48. The van der Waals surface area contributed by atoms with E-state index < -0.39 is 81.2 Å². The highest BCUT2D eigenvalue weighted by molar-refractivity contribution is 6.06. The molecule has 0 fully saturated rings. The Labute approximate surface area is 239 Å². The van der Waals surface area contributed by atoms with E-state index in [2.05, 4.69) is 0 Å². The van der Waals surface area contributed by atoms with E-state index >= 15 is 0 Å². The van der Waals surface area contributed by atoms with Crippen LogP contribution in [0.3, 0.4) is 0 Å². The molecule has 0 unspecified atom stereocenters. The van der Waals surface area contributed by atoms with Gasteiger partial charge in [0.05, 0.1) is 0 Å². The van der Waals surface area contributed by atoms with Crippen molar-refractivity contribution in [2.75, 3.05) is 0 Å². The van der Waals surface area contributed by atoms with Crippen LogP contribution in [0.15, 0.2) is 36.4 Å². The number of carbonyl (C=O) groups excluding carboxylic acids is 2. The minimum atomic E-state index is -2.45. The number of hydrogen-bond acceptors (Lipinski definition) is 4. The van der Waals surface area contributed by atoms with E-state index in [1.165, 1.54) is 24.3 Å². The zero-order valence-corrected chi connectivity index (χ0v) is 21.9. The molecule has 0 aliphatic heterocycles. The molecule has 5 aromatic carbocycles. The highest BCUT2D eigenvalue weighted by Crippen LogP contribution is 2.36. The first kappa shape index (κ1) is 30.3. The third-order valence-corrected chi connectivity index (χ3v) is 6.85. The van der Waals surface area contributed by atoms with Crippen molar-refractivity contribution in [3.05, 3.63) is 117 Å². The Bertz CT molecular complexity index is 1880. The third-order valence-electron chi connectivity index (χ3n) is 6.85. The highest BCUT2D eigenvalue weighted by Gasteiger charge is 2.32. The van der Waals surface area contributed by atoms with E-state index in [4.69, 9.17) is 9.47 Å². The van der Waals surface area contributed by atoms with Gasteiger partial charge in [-0.15, -0.1) is 0 Å². The van der Waals surface area contributed by atoms with Gasteiger partial charge in [-0.3, -0.25) is 0 Å². The number of hydrogen-bond donors (Lipinski definition) is 0. The third kappa shape index (κ3) is 4.66. The van der Waals surface area contributed by atoms with Crippen molar-refractivity contribution in [1.82, 2.24) is 0 Å².